The average molecular weight is 536 g/mol. The summed E-state index contributed by atoms with van der Waals surface area (Å²) in [6, 6.07) is 14.9. The van der Waals surface area contributed by atoms with Crippen molar-refractivity contribution in [3.05, 3.63) is 91.8 Å². The van der Waals surface area contributed by atoms with E-state index in [0.717, 1.165) is 10.0 Å². The predicted octanol–water partition coefficient (Wildman–Crippen LogP) is 6.13. The Balaban J connectivity index is 1.47. The Hall–Kier alpha value is -2.81. The quantitative estimate of drug-likeness (QED) is 0.308. The lowest BCUT2D eigenvalue weighted by Gasteiger charge is -2.08. The summed E-state index contributed by atoms with van der Waals surface area (Å²) in [4.78, 5) is 12.9. The zero-order chi connectivity index (χ0) is 22.7. The largest absolute Gasteiger partial charge is 0.487 e. The Morgan fingerprint density at radius 2 is 1.91 bits per heavy atom. The number of rotatable bonds is 7. The van der Waals surface area contributed by atoms with Gasteiger partial charge >= 0.3 is 0 Å². The average Bonchev–Trinajstić information content (AvgIpc) is 3.31. The van der Waals surface area contributed by atoms with Gasteiger partial charge < -0.3 is 14.6 Å². The maximum Gasteiger partial charge on any atom is 0.279 e. The number of halogens is 3. The molecule has 7 nitrogen and oxygen atoms in total. The van der Waals surface area contributed by atoms with Gasteiger partial charge in [0.05, 0.1) is 17.1 Å². The fraction of sp³-hybridized carbons (Fsp3) is 0.136. The molecular formula is C22H17BrCl2N4O3. The minimum absolute atomic E-state index is 0.0631. The monoisotopic (exact) mass is 534 g/mol. The first-order valence-electron chi connectivity index (χ1n) is 9.52. The molecule has 164 valence electrons. The van der Waals surface area contributed by atoms with E-state index in [4.69, 9.17) is 32.5 Å². The second kappa shape index (κ2) is 9.77. The highest BCUT2D eigenvalue weighted by Crippen LogP contribution is 2.26. The third kappa shape index (κ3) is 5.15. The van der Waals surface area contributed by atoms with Crippen LogP contribution >= 0.6 is 39.1 Å². The maximum atomic E-state index is 12.9. The molecular weight excluding hydrogens is 519 g/mol. The van der Waals surface area contributed by atoms with Gasteiger partial charge in [-0.3, -0.25) is 9.48 Å². The molecule has 0 aliphatic heterocycles. The van der Waals surface area contributed by atoms with E-state index in [0.29, 0.717) is 33.7 Å². The van der Waals surface area contributed by atoms with Crippen LogP contribution in [0.1, 0.15) is 27.4 Å². The summed E-state index contributed by atoms with van der Waals surface area (Å²) in [5.74, 6) is 0.688. The predicted molar refractivity (Wildman–Crippen MR) is 125 cm³/mol. The number of carbonyl (C=O) groups excluding carboxylic acids is 1. The molecule has 2 aromatic carbocycles. The SMILES string of the molecule is Cc1onc(C(=O)Nc2nn(Cc3ccc(Br)cc3)cc2Cl)c1COc1ccccc1Cl. The van der Waals surface area contributed by atoms with Crippen LogP contribution in [0.15, 0.2) is 63.7 Å². The van der Waals surface area contributed by atoms with Crippen molar-refractivity contribution in [2.45, 2.75) is 20.1 Å². The fourth-order valence-corrected chi connectivity index (χ4v) is 3.61. The number of amides is 1. The van der Waals surface area contributed by atoms with Gasteiger partial charge in [0, 0.05) is 10.7 Å². The zero-order valence-electron chi connectivity index (χ0n) is 16.8. The van der Waals surface area contributed by atoms with Gasteiger partial charge in [0.2, 0.25) is 0 Å². The van der Waals surface area contributed by atoms with Crippen LogP contribution < -0.4 is 10.1 Å². The molecule has 4 rings (SSSR count). The highest BCUT2D eigenvalue weighted by atomic mass is 79.9. The van der Waals surface area contributed by atoms with E-state index >= 15 is 0 Å². The standard InChI is InChI=1S/C22H17BrCl2N4O3/c1-13-16(12-31-19-5-3-2-4-17(19)24)20(28-32-13)22(30)26-21-18(25)11-29(27-21)10-14-6-8-15(23)9-7-14/h2-9,11H,10,12H2,1H3,(H,26,27,30). The summed E-state index contributed by atoms with van der Waals surface area (Å²) in [5.41, 5.74) is 1.64. The molecule has 0 unspecified atom stereocenters. The zero-order valence-corrected chi connectivity index (χ0v) is 19.9. The van der Waals surface area contributed by atoms with Crippen LogP contribution in [0, 0.1) is 6.92 Å². The third-order valence-electron chi connectivity index (χ3n) is 4.62. The van der Waals surface area contributed by atoms with Gasteiger partial charge in [-0.2, -0.15) is 5.10 Å². The van der Waals surface area contributed by atoms with Crippen LogP contribution in [0.5, 0.6) is 5.75 Å². The number of hydrogen-bond acceptors (Lipinski definition) is 5. The van der Waals surface area contributed by atoms with Gasteiger partial charge in [0.25, 0.3) is 5.91 Å². The number of aryl methyl sites for hydroxylation is 1. The van der Waals surface area contributed by atoms with Crippen molar-refractivity contribution >= 4 is 50.9 Å². The topological polar surface area (TPSA) is 82.2 Å². The van der Waals surface area contributed by atoms with Crippen molar-refractivity contribution in [1.82, 2.24) is 14.9 Å². The van der Waals surface area contributed by atoms with Gasteiger partial charge in [-0.25, -0.2) is 0 Å². The Morgan fingerprint density at radius 1 is 1.16 bits per heavy atom. The van der Waals surface area contributed by atoms with Crippen LogP contribution in [0.25, 0.3) is 0 Å². The first kappa shape index (κ1) is 22.4. The highest BCUT2D eigenvalue weighted by Gasteiger charge is 2.22. The lowest BCUT2D eigenvalue weighted by atomic mass is 10.2. The summed E-state index contributed by atoms with van der Waals surface area (Å²) in [6.07, 6.45) is 1.65. The van der Waals surface area contributed by atoms with E-state index in [-0.39, 0.29) is 18.1 Å². The van der Waals surface area contributed by atoms with Gasteiger partial charge in [0.15, 0.2) is 11.5 Å². The molecule has 0 spiro atoms. The number of benzene rings is 2. The molecule has 0 saturated heterocycles. The Labute approximate surface area is 202 Å². The van der Waals surface area contributed by atoms with Gasteiger partial charge in [-0.1, -0.05) is 68.6 Å². The highest BCUT2D eigenvalue weighted by molar-refractivity contribution is 9.10. The van der Waals surface area contributed by atoms with Gasteiger partial charge in [-0.05, 0) is 36.8 Å². The molecule has 2 aromatic heterocycles. The number of ether oxygens (including phenoxy) is 1. The minimum atomic E-state index is -0.504. The third-order valence-corrected chi connectivity index (χ3v) is 5.73. The number of carbonyl (C=O) groups is 1. The number of nitrogens with one attached hydrogen (secondary N) is 1. The van der Waals surface area contributed by atoms with E-state index in [2.05, 4.69) is 31.5 Å². The molecule has 32 heavy (non-hydrogen) atoms. The summed E-state index contributed by atoms with van der Waals surface area (Å²) < 4.78 is 13.6. The first-order valence-corrected chi connectivity index (χ1v) is 11.1. The van der Waals surface area contributed by atoms with E-state index in [1.165, 1.54) is 0 Å². The molecule has 0 fully saturated rings. The first-order chi connectivity index (χ1) is 15.4. The molecule has 0 aliphatic rings. The van der Waals surface area contributed by atoms with Crippen molar-refractivity contribution in [3.63, 3.8) is 0 Å². The molecule has 2 heterocycles. The van der Waals surface area contributed by atoms with Gasteiger partial charge in [-0.15, -0.1) is 0 Å². The van der Waals surface area contributed by atoms with Crippen molar-refractivity contribution in [3.8, 4) is 5.75 Å². The van der Waals surface area contributed by atoms with Crippen LogP contribution in [-0.4, -0.2) is 20.8 Å². The molecule has 0 radical (unpaired) electrons. The van der Waals surface area contributed by atoms with Crippen molar-refractivity contribution in [2.24, 2.45) is 0 Å². The molecule has 0 bridgehead atoms. The van der Waals surface area contributed by atoms with E-state index in [1.54, 1.807) is 36.0 Å². The second-order valence-electron chi connectivity index (χ2n) is 6.89. The molecule has 0 atom stereocenters. The number of aromatic nitrogens is 3. The molecule has 0 saturated carbocycles. The van der Waals surface area contributed by atoms with Crippen LogP contribution in [0.3, 0.4) is 0 Å². The van der Waals surface area contributed by atoms with E-state index in [1.807, 2.05) is 30.3 Å². The number of para-hydroxylation sites is 1. The minimum Gasteiger partial charge on any atom is -0.487 e. The smallest absolute Gasteiger partial charge is 0.279 e. The summed E-state index contributed by atoms with van der Waals surface area (Å²) in [6.45, 7) is 2.27. The lowest BCUT2D eigenvalue weighted by Crippen LogP contribution is -2.16. The molecule has 4 aromatic rings. The summed E-state index contributed by atoms with van der Waals surface area (Å²) >= 11 is 15.8. The normalized spacial score (nSPS) is 10.9. The van der Waals surface area contributed by atoms with E-state index in [9.17, 15) is 4.79 Å². The molecule has 1 N–H and O–H groups in total. The molecule has 0 aliphatic carbocycles. The van der Waals surface area contributed by atoms with Crippen LogP contribution in [-0.2, 0) is 13.2 Å². The Kier molecular flexibility index (Phi) is 6.83. The maximum absolute atomic E-state index is 12.9. The molecule has 10 heteroatoms. The fourth-order valence-electron chi connectivity index (χ4n) is 2.96. The number of anilines is 1. The Bertz CT molecular complexity index is 1250. The van der Waals surface area contributed by atoms with Crippen LogP contribution in [0.4, 0.5) is 5.82 Å². The second-order valence-corrected chi connectivity index (χ2v) is 8.62. The lowest BCUT2D eigenvalue weighted by molar-refractivity contribution is 0.101. The molecule has 1 amide bonds. The van der Waals surface area contributed by atoms with Crippen molar-refractivity contribution < 1.29 is 14.1 Å². The Morgan fingerprint density at radius 3 is 2.66 bits per heavy atom. The van der Waals surface area contributed by atoms with Crippen LogP contribution in [0.2, 0.25) is 10.0 Å². The van der Waals surface area contributed by atoms with Crippen molar-refractivity contribution in [2.75, 3.05) is 5.32 Å². The van der Waals surface area contributed by atoms with Crippen molar-refractivity contribution in [1.29, 1.82) is 0 Å². The van der Waals surface area contributed by atoms with Gasteiger partial charge in [0.1, 0.15) is 23.1 Å². The van der Waals surface area contributed by atoms with E-state index < -0.39 is 5.91 Å². The number of hydrogen-bond donors (Lipinski definition) is 1. The number of nitrogens with zero attached hydrogens (tertiary/aromatic N) is 3. The summed E-state index contributed by atoms with van der Waals surface area (Å²) in [5, 5.41) is 11.7. The summed E-state index contributed by atoms with van der Waals surface area (Å²) in [7, 11) is 0.